The van der Waals surface area contributed by atoms with Crippen LogP contribution in [0.15, 0.2) is 22.7 Å². The molecular formula is C15H19BrN2O3. The van der Waals surface area contributed by atoms with Gasteiger partial charge in [0, 0.05) is 36.1 Å². The van der Waals surface area contributed by atoms with Gasteiger partial charge >= 0.3 is 0 Å². The van der Waals surface area contributed by atoms with E-state index in [9.17, 15) is 9.59 Å². The van der Waals surface area contributed by atoms with E-state index < -0.39 is 0 Å². The van der Waals surface area contributed by atoms with Gasteiger partial charge < -0.3 is 15.0 Å². The maximum atomic E-state index is 12.0. The fourth-order valence-electron chi connectivity index (χ4n) is 2.17. The first-order valence-corrected chi connectivity index (χ1v) is 7.77. The van der Waals surface area contributed by atoms with Crippen LogP contribution in [-0.4, -0.2) is 43.0 Å². The fourth-order valence-corrected chi connectivity index (χ4v) is 2.65. The van der Waals surface area contributed by atoms with E-state index in [2.05, 4.69) is 21.2 Å². The minimum absolute atomic E-state index is 0.0148. The summed E-state index contributed by atoms with van der Waals surface area (Å²) < 4.78 is 6.17. The number of carbonyl (C=O) groups is 2. The van der Waals surface area contributed by atoms with Crippen molar-refractivity contribution in [1.29, 1.82) is 0 Å². The minimum atomic E-state index is -0.137. The van der Waals surface area contributed by atoms with Crippen LogP contribution < -0.4 is 5.32 Å². The van der Waals surface area contributed by atoms with Gasteiger partial charge in [0.2, 0.25) is 11.8 Å². The van der Waals surface area contributed by atoms with Crippen molar-refractivity contribution < 1.29 is 14.3 Å². The number of halogens is 1. The average molecular weight is 355 g/mol. The normalized spacial score (nSPS) is 14.9. The van der Waals surface area contributed by atoms with Gasteiger partial charge in [0.15, 0.2) is 0 Å². The third-order valence-electron chi connectivity index (χ3n) is 3.39. The number of morpholine rings is 1. The van der Waals surface area contributed by atoms with Crippen molar-refractivity contribution in [3.05, 3.63) is 28.2 Å². The number of nitrogens with one attached hydrogen (secondary N) is 1. The van der Waals surface area contributed by atoms with E-state index in [4.69, 9.17) is 4.74 Å². The first-order chi connectivity index (χ1) is 10.1. The van der Waals surface area contributed by atoms with Crippen LogP contribution in [0.1, 0.15) is 18.4 Å². The lowest BCUT2D eigenvalue weighted by Gasteiger charge is -2.26. The van der Waals surface area contributed by atoms with Crippen molar-refractivity contribution >= 4 is 33.4 Å². The predicted molar refractivity (Wildman–Crippen MR) is 84.1 cm³/mol. The lowest BCUT2D eigenvalue weighted by atomic mass is 10.2. The summed E-state index contributed by atoms with van der Waals surface area (Å²) >= 11 is 3.38. The molecule has 0 aliphatic carbocycles. The van der Waals surface area contributed by atoms with Gasteiger partial charge in [-0.05, 0) is 30.7 Å². The zero-order chi connectivity index (χ0) is 15.2. The van der Waals surface area contributed by atoms with Gasteiger partial charge in [-0.25, -0.2) is 0 Å². The fraction of sp³-hybridized carbons (Fsp3) is 0.467. The summed E-state index contributed by atoms with van der Waals surface area (Å²) in [5.74, 6) is -0.122. The highest BCUT2D eigenvalue weighted by Gasteiger charge is 2.17. The molecule has 1 fully saturated rings. The number of amides is 2. The second kappa shape index (κ2) is 7.56. The molecule has 0 aromatic heterocycles. The second-order valence-corrected chi connectivity index (χ2v) is 5.92. The van der Waals surface area contributed by atoms with Crippen molar-refractivity contribution in [2.75, 3.05) is 31.6 Å². The number of aryl methyl sites for hydroxylation is 1. The highest BCUT2D eigenvalue weighted by molar-refractivity contribution is 9.10. The molecule has 1 N–H and O–H groups in total. The molecule has 1 aliphatic rings. The summed E-state index contributed by atoms with van der Waals surface area (Å²) in [6.07, 6.45) is 0.438. The number of hydrogen-bond donors (Lipinski definition) is 1. The maximum absolute atomic E-state index is 12.0. The zero-order valence-corrected chi connectivity index (χ0v) is 13.6. The van der Waals surface area contributed by atoms with Crippen LogP contribution in [0.3, 0.4) is 0 Å². The van der Waals surface area contributed by atoms with Gasteiger partial charge in [0.25, 0.3) is 0 Å². The Morgan fingerprint density at radius 3 is 2.67 bits per heavy atom. The van der Waals surface area contributed by atoms with E-state index >= 15 is 0 Å². The third-order valence-corrected chi connectivity index (χ3v) is 3.89. The predicted octanol–water partition coefficient (Wildman–Crippen LogP) is 2.34. The molecule has 1 heterocycles. The number of hydrogen-bond acceptors (Lipinski definition) is 3. The Labute approximate surface area is 132 Å². The lowest BCUT2D eigenvalue weighted by molar-refractivity contribution is -0.136. The van der Waals surface area contributed by atoms with Gasteiger partial charge in [-0.2, -0.15) is 0 Å². The quantitative estimate of drug-likeness (QED) is 0.902. The molecule has 6 heteroatoms. The van der Waals surface area contributed by atoms with E-state index in [-0.39, 0.29) is 24.7 Å². The lowest BCUT2D eigenvalue weighted by Crippen LogP contribution is -2.40. The van der Waals surface area contributed by atoms with Gasteiger partial charge in [0.1, 0.15) is 0 Å². The molecule has 0 unspecified atom stereocenters. The van der Waals surface area contributed by atoms with Crippen molar-refractivity contribution in [1.82, 2.24) is 4.90 Å². The summed E-state index contributed by atoms with van der Waals surface area (Å²) in [4.78, 5) is 25.6. The molecule has 0 atom stereocenters. The molecule has 0 bridgehead atoms. The molecule has 5 nitrogen and oxygen atoms in total. The number of nitrogens with zero attached hydrogens (tertiary/aromatic N) is 1. The van der Waals surface area contributed by atoms with E-state index in [0.717, 1.165) is 15.7 Å². The Kier molecular flexibility index (Phi) is 5.76. The van der Waals surface area contributed by atoms with Crippen molar-refractivity contribution in [2.24, 2.45) is 0 Å². The molecule has 2 amide bonds. The SMILES string of the molecule is Cc1cc(Br)ccc1NC(=O)CCC(=O)N1CCOCC1. The standard InChI is InChI=1S/C15H19BrN2O3/c1-11-10-12(16)2-3-13(11)17-14(19)4-5-15(20)18-6-8-21-9-7-18/h2-3,10H,4-9H2,1H3,(H,17,19). The van der Waals surface area contributed by atoms with E-state index in [0.29, 0.717) is 26.3 Å². The Balaban J connectivity index is 1.80. The van der Waals surface area contributed by atoms with Gasteiger partial charge in [-0.1, -0.05) is 15.9 Å². The Bertz CT molecular complexity index is 528. The monoisotopic (exact) mass is 354 g/mol. The van der Waals surface area contributed by atoms with Crippen LogP contribution in [0.5, 0.6) is 0 Å². The highest BCUT2D eigenvalue weighted by atomic mass is 79.9. The molecule has 21 heavy (non-hydrogen) atoms. The van der Waals surface area contributed by atoms with Gasteiger partial charge in [-0.3, -0.25) is 9.59 Å². The largest absolute Gasteiger partial charge is 0.378 e. The van der Waals surface area contributed by atoms with Crippen LogP contribution in [-0.2, 0) is 14.3 Å². The van der Waals surface area contributed by atoms with Crippen LogP contribution in [0.25, 0.3) is 0 Å². The van der Waals surface area contributed by atoms with Crippen molar-refractivity contribution in [3.63, 3.8) is 0 Å². The number of anilines is 1. The first-order valence-electron chi connectivity index (χ1n) is 6.98. The summed E-state index contributed by atoms with van der Waals surface area (Å²) in [6, 6.07) is 5.66. The maximum Gasteiger partial charge on any atom is 0.224 e. The summed E-state index contributed by atoms with van der Waals surface area (Å²) in [6.45, 7) is 4.32. The number of ether oxygens (including phenoxy) is 1. The molecule has 1 aromatic carbocycles. The minimum Gasteiger partial charge on any atom is -0.378 e. The Morgan fingerprint density at radius 2 is 2.00 bits per heavy atom. The molecular weight excluding hydrogens is 336 g/mol. The molecule has 114 valence electrons. The van der Waals surface area contributed by atoms with E-state index in [1.807, 2.05) is 25.1 Å². The summed E-state index contributed by atoms with van der Waals surface area (Å²) in [7, 11) is 0. The molecule has 1 aliphatic heterocycles. The summed E-state index contributed by atoms with van der Waals surface area (Å²) in [5, 5.41) is 2.84. The van der Waals surface area contributed by atoms with Crippen LogP contribution in [0, 0.1) is 6.92 Å². The topological polar surface area (TPSA) is 58.6 Å². The Morgan fingerprint density at radius 1 is 1.29 bits per heavy atom. The first kappa shape index (κ1) is 16.0. The zero-order valence-electron chi connectivity index (χ0n) is 12.0. The smallest absolute Gasteiger partial charge is 0.224 e. The van der Waals surface area contributed by atoms with Crippen molar-refractivity contribution in [2.45, 2.75) is 19.8 Å². The molecule has 1 saturated heterocycles. The molecule has 0 saturated carbocycles. The van der Waals surface area contributed by atoms with Gasteiger partial charge in [-0.15, -0.1) is 0 Å². The summed E-state index contributed by atoms with van der Waals surface area (Å²) in [5.41, 5.74) is 1.76. The number of rotatable bonds is 4. The molecule has 2 rings (SSSR count). The highest BCUT2D eigenvalue weighted by Crippen LogP contribution is 2.20. The van der Waals surface area contributed by atoms with Gasteiger partial charge in [0.05, 0.1) is 13.2 Å². The Hall–Kier alpha value is -1.40. The van der Waals surface area contributed by atoms with E-state index in [1.165, 1.54) is 0 Å². The molecule has 0 spiro atoms. The number of carbonyl (C=O) groups excluding carboxylic acids is 2. The average Bonchev–Trinajstić information content (AvgIpc) is 2.48. The van der Waals surface area contributed by atoms with E-state index in [1.54, 1.807) is 4.90 Å². The van der Waals surface area contributed by atoms with Crippen LogP contribution >= 0.6 is 15.9 Å². The second-order valence-electron chi connectivity index (χ2n) is 5.00. The third kappa shape index (κ3) is 4.82. The molecule has 1 aromatic rings. The van der Waals surface area contributed by atoms with Crippen LogP contribution in [0.4, 0.5) is 5.69 Å². The van der Waals surface area contributed by atoms with Crippen molar-refractivity contribution in [3.8, 4) is 0 Å². The molecule has 0 radical (unpaired) electrons. The van der Waals surface area contributed by atoms with Crippen LogP contribution in [0.2, 0.25) is 0 Å². The number of benzene rings is 1.